The van der Waals surface area contributed by atoms with E-state index in [4.69, 9.17) is 4.52 Å². The summed E-state index contributed by atoms with van der Waals surface area (Å²) in [5.41, 5.74) is 2.64. The van der Waals surface area contributed by atoms with Crippen molar-refractivity contribution in [2.75, 3.05) is 32.7 Å². The van der Waals surface area contributed by atoms with E-state index < -0.39 is 0 Å². The molecular formula is C13H21N3O. The molecule has 0 atom stereocenters. The first-order valence-electron chi connectivity index (χ1n) is 6.83. The second-order valence-corrected chi connectivity index (χ2v) is 5.08. The molecule has 4 heteroatoms. The first-order valence-corrected chi connectivity index (χ1v) is 6.83. The van der Waals surface area contributed by atoms with Crippen LogP contribution < -0.4 is 5.32 Å². The van der Waals surface area contributed by atoms with Crippen LogP contribution in [0.3, 0.4) is 0 Å². The number of fused-ring (bicyclic) bond motifs is 1. The Morgan fingerprint density at radius 3 is 2.88 bits per heavy atom. The van der Waals surface area contributed by atoms with E-state index in [9.17, 15) is 0 Å². The van der Waals surface area contributed by atoms with Gasteiger partial charge in [-0.3, -0.25) is 0 Å². The van der Waals surface area contributed by atoms with Gasteiger partial charge < -0.3 is 14.7 Å². The second-order valence-electron chi connectivity index (χ2n) is 5.08. The summed E-state index contributed by atoms with van der Waals surface area (Å²) < 4.78 is 5.45. The van der Waals surface area contributed by atoms with E-state index in [2.05, 4.69) is 15.4 Å². The molecule has 0 radical (unpaired) electrons. The Morgan fingerprint density at radius 1 is 1.18 bits per heavy atom. The number of piperazine rings is 1. The minimum atomic E-state index is 1.05. The maximum absolute atomic E-state index is 5.45. The molecule has 1 aliphatic heterocycles. The number of rotatable bonds is 3. The summed E-state index contributed by atoms with van der Waals surface area (Å²) in [5, 5.41) is 7.65. The number of hydrogen-bond donors (Lipinski definition) is 1. The van der Waals surface area contributed by atoms with Gasteiger partial charge in [-0.05, 0) is 19.3 Å². The van der Waals surface area contributed by atoms with Gasteiger partial charge in [0, 0.05) is 51.1 Å². The van der Waals surface area contributed by atoms with Gasteiger partial charge >= 0.3 is 0 Å². The number of nitrogens with one attached hydrogen (secondary N) is 1. The van der Waals surface area contributed by atoms with Crippen molar-refractivity contribution in [1.82, 2.24) is 15.4 Å². The van der Waals surface area contributed by atoms with Crippen LogP contribution in [-0.2, 0) is 19.3 Å². The number of hydrogen-bond acceptors (Lipinski definition) is 4. The molecule has 0 unspecified atom stereocenters. The number of aryl methyl sites for hydroxylation is 1. The predicted octanol–water partition coefficient (Wildman–Crippen LogP) is 1.00. The van der Waals surface area contributed by atoms with E-state index in [0.717, 1.165) is 38.2 Å². The van der Waals surface area contributed by atoms with Gasteiger partial charge in [-0.15, -0.1) is 0 Å². The molecule has 2 aliphatic rings. The van der Waals surface area contributed by atoms with E-state index in [1.165, 1.54) is 43.6 Å². The third-order valence-corrected chi connectivity index (χ3v) is 3.91. The van der Waals surface area contributed by atoms with Crippen LogP contribution in [-0.4, -0.2) is 42.8 Å². The molecule has 17 heavy (non-hydrogen) atoms. The Kier molecular flexibility index (Phi) is 3.43. The number of nitrogens with zero attached hydrogens (tertiary/aromatic N) is 2. The van der Waals surface area contributed by atoms with Crippen LogP contribution in [0, 0.1) is 0 Å². The molecule has 94 valence electrons. The lowest BCUT2D eigenvalue weighted by molar-refractivity contribution is 0.242. The molecular weight excluding hydrogens is 214 g/mol. The van der Waals surface area contributed by atoms with Gasteiger partial charge in [-0.25, -0.2) is 0 Å². The highest BCUT2D eigenvalue weighted by molar-refractivity contribution is 5.25. The minimum Gasteiger partial charge on any atom is -0.361 e. The lowest BCUT2D eigenvalue weighted by atomic mass is 9.95. The van der Waals surface area contributed by atoms with Crippen LogP contribution in [0.2, 0.25) is 0 Å². The highest BCUT2D eigenvalue weighted by atomic mass is 16.5. The third-order valence-electron chi connectivity index (χ3n) is 3.91. The zero-order valence-electron chi connectivity index (χ0n) is 10.4. The normalized spacial score (nSPS) is 21.4. The van der Waals surface area contributed by atoms with Crippen molar-refractivity contribution in [3.63, 3.8) is 0 Å². The fourth-order valence-electron chi connectivity index (χ4n) is 2.84. The van der Waals surface area contributed by atoms with Crippen molar-refractivity contribution in [1.29, 1.82) is 0 Å². The first-order chi connectivity index (χ1) is 8.43. The standard InChI is InChI=1S/C13H21N3O/c1-2-4-13-11(3-1)12(15-17-13)5-8-16-9-6-14-7-10-16/h14H,1-10H2. The molecule has 4 nitrogen and oxygen atoms in total. The summed E-state index contributed by atoms with van der Waals surface area (Å²) in [5.74, 6) is 1.16. The van der Waals surface area contributed by atoms with E-state index in [1.54, 1.807) is 0 Å². The lowest BCUT2D eigenvalue weighted by Gasteiger charge is -2.26. The van der Waals surface area contributed by atoms with Crippen molar-refractivity contribution in [3.8, 4) is 0 Å². The van der Waals surface area contributed by atoms with E-state index in [0.29, 0.717) is 0 Å². The van der Waals surface area contributed by atoms with Crippen molar-refractivity contribution in [2.24, 2.45) is 0 Å². The van der Waals surface area contributed by atoms with Crippen molar-refractivity contribution < 1.29 is 4.52 Å². The summed E-state index contributed by atoms with van der Waals surface area (Å²) >= 11 is 0. The summed E-state index contributed by atoms with van der Waals surface area (Å²) in [6.07, 6.45) is 5.89. The van der Waals surface area contributed by atoms with Gasteiger partial charge in [-0.2, -0.15) is 0 Å². The average Bonchev–Trinajstić information content (AvgIpc) is 2.81. The van der Waals surface area contributed by atoms with Gasteiger partial charge in [0.1, 0.15) is 5.76 Å². The average molecular weight is 235 g/mol. The van der Waals surface area contributed by atoms with Gasteiger partial charge in [0.2, 0.25) is 0 Å². The molecule has 0 spiro atoms. The maximum Gasteiger partial charge on any atom is 0.140 e. The highest BCUT2D eigenvalue weighted by Gasteiger charge is 2.19. The summed E-state index contributed by atoms with van der Waals surface area (Å²) in [6, 6.07) is 0. The van der Waals surface area contributed by atoms with Crippen LogP contribution in [0.4, 0.5) is 0 Å². The predicted molar refractivity (Wildman–Crippen MR) is 66.2 cm³/mol. The van der Waals surface area contributed by atoms with Crippen LogP contribution in [0.15, 0.2) is 4.52 Å². The van der Waals surface area contributed by atoms with Crippen LogP contribution in [0.25, 0.3) is 0 Å². The Morgan fingerprint density at radius 2 is 2.00 bits per heavy atom. The van der Waals surface area contributed by atoms with E-state index in [1.807, 2.05) is 0 Å². The fraction of sp³-hybridized carbons (Fsp3) is 0.769. The van der Waals surface area contributed by atoms with Crippen molar-refractivity contribution >= 4 is 0 Å². The molecule has 0 bridgehead atoms. The Hall–Kier alpha value is -0.870. The van der Waals surface area contributed by atoms with Crippen LogP contribution in [0.1, 0.15) is 29.9 Å². The van der Waals surface area contributed by atoms with E-state index >= 15 is 0 Å². The van der Waals surface area contributed by atoms with Gasteiger partial charge in [0.25, 0.3) is 0 Å². The van der Waals surface area contributed by atoms with Crippen molar-refractivity contribution in [3.05, 3.63) is 17.0 Å². The molecule has 1 aromatic rings. The van der Waals surface area contributed by atoms with Crippen LogP contribution in [0.5, 0.6) is 0 Å². The topological polar surface area (TPSA) is 41.3 Å². The lowest BCUT2D eigenvalue weighted by Crippen LogP contribution is -2.44. The second kappa shape index (κ2) is 5.19. The summed E-state index contributed by atoms with van der Waals surface area (Å²) in [6.45, 7) is 5.70. The molecule has 1 aliphatic carbocycles. The number of aromatic nitrogens is 1. The summed E-state index contributed by atoms with van der Waals surface area (Å²) in [7, 11) is 0. The smallest absolute Gasteiger partial charge is 0.140 e. The molecule has 2 heterocycles. The van der Waals surface area contributed by atoms with E-state index in [-0.39, 0.29) is 0 Å². The molecule has 1 aromatic heterocycles. The first kappa shape index (κ1) is 11.2. The molecule has 3 rings (SSSR count). The zero-order chi connectivity index (χ0) is 11.5. The maximum atomic E-state index is 5.45. The van der Waals surface area contributed by atoms with Gasteiger partial charge in [0.05, 0.1) is 5.69 Å². The summed E-state index contributed by atoms with van der Waals surface area (Å²) in [4.78, 5) is 2.51. The molecule has 1 N–H and O–H groups in total. The Balaban J connectivity index is 1.59. The largest absolute Gasteiger partial charge is 0.361 e. The molecule has 1 saturated heterocycles. The monoisotopic (exact) mass is 235 g/mol. The fourth-order valence-corrected chi connectivity index (χ4v) is 2.84. The molecule has 1 fully saturated rings. The van der Waals surface area contributed by atoms with Gasteiger partial charge in [-0.1, -0.05) is 5.16 Å². The molecule has 0 amide bonds. The quantitative estimate of drug-likeness (QED) is 0.848. The minimum absolute atomic E-state index is 1.05. The Labute approximate surface area is 102 Å². The van der Waals surface area contributed by atoms with Gasteiger partial charge in [0.15, 0.2) is 0 Å². The SMILES string of the molecule is C1CCc2c(CCN3CCNCC3)noc2C1. The van der Waals surface area contributed by atoms with Crippen LogP contribution >= 0.6 is 0 Å². The Bertz CT molecular complexity index is 369. The third kappa shape index (κ3) is 2.53. The molecule has 0 aromatic carbocycles. The molecule has 0 saturated carbocycles. The van der Waals surface area contributed by atoms with Crippen molar-refractivity contribution in [2.45, 2.75) is 32.1 Å². The zero-order valence-corrected chi connectivity index (χ0v) is 10.4. The highest BCUT2D eigenvalue weighted by Crippen LogP contribution is 2.24.